The molecule has 0 saturated heterocycles. The number of hydrogen-bond acceptors (Lipinski definition) is 4. The van der Waals surface area contributed by atoms with Crippen LogP contribution in [0.1, 0.15) is 24.6 Å². The van der Waals surface area contributed by atoms with E-state index in [0.717, 1.165) is 11.3 Å². The van der Waals surface area contributed by atoms with Gasteiger partial charge < -0.3 is 5.32 Å². The predicted molar refractivity (Wildman–Crippen MR) is 68.6 cm³/mol. The highest BCUT2D eigenvalue weighted by atomic mass is 32.2. The second kappa shape index (κ2) is 6.16. The Morgan fingerprint density at radius 1 is 1.41 bits per heavy atom. The normalized spacial score (nSPS) is 11.9. The van der Waals surface area contributed by atoms with Crippen LogP contribution >= 0.6 is 0 Å². The number of aryl methyl sites for hydroxylation is 2. The summed E-state index contributed by atoms with van der Waals surface area (Å²) in [4.78, 5) is 0. The molecule has 0 aliphatic heterocycles. The Hall–Kier alpha value is -0.880. The summed E-state index contributed by atoms with van der Waals surface area (Å²) in [5.41, 5.74) is 2.09. The summed E-state index contributed by atoms with van der Waals surface area (Å²) in [5.74, 6) is 0.487. The largest absolute Gasteiger partial charge is 0.312 e. The molecule has 0 fully saturated rings. The van der Waals surface area contributed by atoms with E-state index in [9.17, 15) is 8.42 Å². The van der Waals surface area contributed by atoms with Crippen LogP contribution in [0.3, 0.4) is 0 Å². The van der Waals surface area contributed by atoms with Gasteiger partial charge in [-0.05, 0) is 13.3 Å². The van der Waals surface area contributed by atoms with Crippen LogP contribution in [0, 0.1) is 6.92 Å². The van der Waals surface area contributed by atoms with Gasteiger partial charge in [-0.2, -0.15) is 5.10 Å². The van der Waals surface area contributed by atoms with Gasteiger partial charge in [-0.3, -0.25) is 4.68 Å². The lowest BCUT2D eigenvalue weighted by Crippen LogP contribution is -2.24. The van der Waals surface area contributed by atoms with Gasteiger partial charge in [0, 0.05) is 37.7 Å². The quantitative estimate of drug-likeness (QED) is 0.730. The highest BCUT2D eigenvalue weighted by Crippen LogP contribution is 2.03. The number of nitrogens with zero attached hydrogens (tertiary/aromatic N) is 2. The molecule has 0 atom stereocenters. The lowest BCUT2D eigenvalue weighted by molar-refractivity contribution is 0.589. The third-order valence-corrected chi connectivity index (χ3v) is 4.39. The summed E-state index contributed by atoms with van der Waals surface area (Å²) in [7, 11) is -0.997. The Bertz CT molecular complexity index is 451. The van der Waals surface area contributed by atoms with E-state index in [0.29, 0.717) is 19.5 Å². The van der Waals surface area contributed by atoms with Gasteiger partial charge >= 0.3 is 0 Å². The van der Waals surface area contributed by atoms with Crippen LogP contribution in [0.25, 0.3) is 0 Å². The van der Waals surface area contributed by atoms with Crippen LogP contribution < -0.4 is 5.32 Å². The monoisotopic (exact) mass is 259 g/mol. The fourth-order valence-electron chi connectivity index (χ4n) is 1.69. The molecule has 0 spiro atoms. The van der Waals surface area contributed by atoms with Crippen molar-refractivity contribution in [2.24, 2.45) is 7.05 Å². The van der Waals surface area contributed by atoms with E-state index < -0.39 is 9.84 Å². The Morgan fingerprint density at radius 3 is 2.65 bits per heavy atom. The molecule has 6 heteroatoms. The van der Waals surface area contributed by atoms with Crippen molar-refractivity contribution in [1.29, 1.82) is 0 Å². The van der Waals surface area contributed by atoms with Gasteiger partial charge in [-0.15, -0.1) is 0 Å². The van der Waals surface area contributed by atoms with Gasteiger partial charge in [0.05, 0.1) is 11.4 Å². The third kappa shape index (κ3) is 4.87. The van der Waals surface area contributed by atoms with Crippen molar-refractivity contribution in [2.75, 3.05) is 18.1 Å². The number of sulfone groups is 1. The van der Waals surface area contributed by atoms with Crippen LogP contribution in [-0.4, -0.2) is 36.2 Å². The minimum Gasteiger partial charge on any atom is -0.312 e. The fourth-order valence-corrected chi connectivity index (χ4v) is 2.97. The SMILES string of the molecule is CCCS(=O)(=O)CCNCc1cn(C)nc1C. The zero-order valence-corrected chi connectivity index (χ0v) is 11.5. The second-order valence-electron chi connectivity index (χ2n) is 4.24. The number of aromatic nitrogens is 2. The van der Waals surface area contributed by atoms with E-state index in [4.69, 9.17) is 0 Å². The molecule has 0 unspecified atom stereocenters. The zero-order valence-electron chi connectivity index (χ0n) is 10.7. The minimum atomic E-state index is -2.87. The predicted octanol–water partition coefficient (Wildman–Crippen LogP) is 0.643. The fraction of sp³-hybridized carbons (Fsp3) is 0.727. The molecular weight excluding hydrogens is 238 g/mol. The summed E-state index contributed by atoms with van der Waals surface area (Å²) in [5, 5.41) is 7.36. The maximum absolute atomic E-state index is 11.5. The summed E-state index contributed by atoms with van der Waals surface area (Å²) in [6.45, 7) is 4.99. The summed E-state index contributed by atoms with van der Waals surface area (Å²) >= 11 is 0. The van der Waals surface area contributed by atoms with Crippen LogP contribution in [0.4, 0.5) is 0 Å². The first-order valence-electron chi connectivity index (χ1n) is 5.85. The molecule has 0 aliphatic rings. The van der Waals surface area contributed by atoms with Crippen molar-refractivity contribution < 1.29 is 8.42 Å². The van der Waals surface area contributed by atoms with Gasteiger partial charge in [0.15, 0.2) is 9.84 Å². The van der Waals surface area contributed by atoms with Gasteiger partial charge in [0.1, 0.15) is 0 Å². The Morgan fingerprint density at radius 2 is 2.12 bits per heavy atom. The molecule has 1 N–H and O–H groups in total. The van der Waals surface area contributed by atoms with E-state index in [1.165, 1.54) is 0 Å². The van der Waals surface area contributed by atoms with Crippen molar-refractivity contribution in [2.45, 2.75) is 26.8 Å². The van der Waals surface area contributed by atoms with Crippen molar-refractivity contribution in [3.05, 3.63) is 17.5 Å². The van der Waals surface area contributed by atoms with E-state index in [-0.39, 0.29) is 11.5 Å². The maximum Gasteiger partial charge on any atom is 0.151 e. The molecule has 17 heavy (non-hydrogen) atoms. The van der Waals surface area contributed by atoms with E-state index in [1.807, 2.05) is 27.1 Å². The maximum atomic E-state index is 11.5. The summed E-state index contributed by atoms with van der Waals surface area (Å²) in [6.07, 6.45) is 2.63. The standard InChI is InChI=1S/C11H21N3O2S/c1-4-6-17(15,16)7-5-12-8-11-9-14(3)13-10(11)2/h9,12H,4-8H2,1-3H3. The first-order chi connectivity index (χ1) is 7.94. The summed E-state index contributed by atoms with van der Waals surface area (Å²) < 4.78 is 24.7. The number of hydrogen-bond donors (Lipinski definition) is 1. The first kappa shape index (κ1) is 14.2. The van der Waals surface area contributed by atoms with Crippen LogP contribution in [0.15, 0.2) is 6.20 Å². The molecule has 0 radical (unpaired) electrons. The van der Waals surface area contributed by atoms with Crippen LogP contribution in [0.5, 0.6) is 0 Å². The average molecular weight is 259 g/mol. The second-order valence-corrected chi connectivity index (χ2v) is 6.55. The van der Waals surface area contributed by atoms with Crippen molar-refractivity contribution in [3.63, 3.8) is 0 Å². The molecule has 1 aromatic rings. The Balaban J connectivity index is 2.32. The molecule has 1 heterocycles. The molecular formula is C11H21N3O2S. The number of rotatable bonds is 7. The third-order valence-electron chi connectivity index (χ3n) is 2.54. The van der Waals surface area contributed by atoms with Crippen molar-refractivity contribution in [3.8, 4) is 0 Å². The van der Waals surface area contributed by atoms with Crippen molar-refractivity contribution in [1.82, 2.24) is 15.1 Å². The lowest BCUT2D eigenvalue weighted by Gasteiger charge is -2.04. The molecule has 0 aliphatic carbocycles. The van der Waals surface area contributed by atoms with Crippen LogP contribution in [0.2, 0.25) is 0 Å². The Kier molecular flexibility index (Phi) is 5.14. The summed E-state index contributed by atoms with van der Waals surface area (Å²) in [6, 6.07) is 0. The lowest BCUT2D eigenvalue weighted by atomic mass is 10.3. The van der Waals surface area contributed by atoms with E-state index >= 15 is 0 Å². The molecule has 1 rings (SSSR count). The first-order valence-corrected chi connectivity index (χ1v) is 7.67. The van der Waals surface area contributed by atoms with Gasteiger partial charge in [0.25, 0.3) is 0 Å². The average Bonchev–Trinajstić information content (AvgIpc) is 2.52. The number of nitrogens with one attached hydrogen (secondary N) is 1. The van der Waals surface area contributed by atoms with Crippen LogP contribution in [-0.2, 0) is 23.4 Å². The van der Waals surface area contributed by atoms with Gasteiger partial charge in [0.2, 0.25) is 0 Å². The molecule has 0 aromatic carbocycles. The zero-order chi connectivity index (χ0) is 12.9. The molecule has 0 saturated carbocycles. The van der Waals surface area contributed by atoms with E-state index in [2.05, 4.69) is 10.4 Å². The van der Waals surface area contributed by atoms with Crippen molar-refractivity contribution >= 4 is 9.84 Å². The molecule has 98 valence electrons. The Labute approximate surface area is 103 Å². The van der Waals surface area contributed by atoms with E-state index in [1.54, 1.807) is 4.68 Å². The smallest absolute Gasteiger partial charge is 0.151 e. The van der Waals surface area contributed by atoms with Gasteiger partial charge in [-0.25, -0.2) is 8.42 Å². The minimum absolute atomic E-state index is 0.208. The molecule has 0 amide bonds. The topological polar surface area (TPSA) is 64.0 Å². The molecule has 1 aromatic heterocycles. The molecule has 5 nitrogen and oxygen atoms in total. The highest BCUT2D eigenvalue weighted by molar-refractivity contribution is 7.91. The molecule has 0 bridgehead atoms. The van der Waals surface area contributed by atoms with Gasteiger partial charge in [-0.1, -0.05) is 6.92 Å². The highest BCUT2D eigenvalue weighted by Gasteiger charge is 2.08.